The van der Waals surface area contributed by atoms with Gasteiger partial charge in [0.15, 0.2) is 0 Å². The normalized spacial score (nSPS) is 37.7. The predicted octanol–water partition coefficient (Wildman–Crippen LogP) is 2.99. The van der Waals surface area contributed by atoms with Crippen molar-refractivity contribution in [3.8, 4) is 0 Å². The van der Waals surface area contributed by atoms with Crippen molar-refractivity contribution in [2.45, 2.75) is 12.8 Å². The molecule has 0 radical (unpaired) electrons. The Morgan fingerprint density at radius 2 is 1.48 bits per heavy atom. The Hall–Kier alpha value is -1.17. The van der Waals surface area contributed by atoms with Crippen LogP contribution in [0.4, 0.5) is 5.69 Å². The van der Waals surface area contributed by atoms with Crippen LogP contribution in [0.25, 0.3) is 0 Å². The molecule has 4 atom stereocenters. The largest absolute Gasteiger partial charge is 0.274 e. The summed E-state index contributed by atoms with van der Waals surface area (Å²) in [5.41, 5.74) is 1.00. The fourth-order valence-corrected chi connectivity index (χ4v) is 5.28. The Balaban J connectivity index is 1.57. The van der Waals surface area contributed by atoms with Crippen molar-refractivity contribution in [3.05, 3.63) is 40.0 Å². The molecule has 2 amide bonds. The first kappa shape index (κ1) is 12.4. The van der Waals surface area contributed by atoms with Gasteiger partial charge in [-0.15, -0.1) is 0 Å². The number of hydrogen-bond acceptors (Lipinski definition) is 2. The summed E-state index contributed by atoms with van der Waals surface area (Å²) in [5.74, 6) is 0.447. The van der Waals surface area contributed by atoms with Crippen LogP contribution in [0.2, 0.25) is 0 Å². The summed E-state index contributed by atoms with van der Waals surface area (Å²) in [6, 6.07) is 7.64. The van der Waals surface area contributed by atoms with E-state index in [1.165, 1.54) is 17.7 Å². The zero-order chi connectivity index (χ0) is 14.4. The number of fused-ring (bicyclic) bond motifs is 3. The minimum atomic E-state index is -0.103. The number of carbonyl (C=O) groups is 2. The standard InChI is InChI=1S/C17H14INO2/c18-9-1-3-10(4-2-9)19-15(20)13-11-5-6-12(14(13)16(19)21)17(11)7-8-17/h1-6,11-14H,7-8H2/t11-,12-,13-,14+/m1/s1. The smallest absolute Gasteiger partial charge is 0.238 e. The highest BCUT2D eigenvalue weighted by Gasteiger charge is 2.73. The highest BCUT2D eigenvalue weighted by molar-refractivity contribution is 14.1. The monoisotopic (exact) mass is 391 g/mol. The lowest BCUT2D eigenvalue weighted by atomic mass is 9.85. The van der Waals surface area contributed by atoms with Gasteiger partial charge in [-0.3, -0.25) is 14.5 Å². The molecule has 3 aliphatic carbocycles. The third kappa shape index (κ3) is 1.35. The van der Waals surface area contributed by atoms with Gasteiger partial charge in [-0.25, -0.2) is 0 Å². The number of carbonyl (C=O) groups excluding carboxylic acids is 2. The highest BCUT2D eigenvalue weighted by Crippen LogP contribution is 2.73. The fourth-order valence-electron chi connectivity index (χ4n) is 4.92. The van der Waals surface area contributed by atoms with Gasteiger partial charge in [0.25, 0.3) is 0 Å². The van der Waals surface area contributed by atoms with Crippen LogP contribution in [-0.2, 0) is 9.59 Å². The maximum Gasteiger partial charge on any atom is 0.238 e. The summed E-state index contributed by atoms with van der Waals surface area (Å²) in [6.45, 7) is 0. The van der Waals surface area contributed by atoms with E-state index in [4.69, 9.17) is 0 Å². The Bertz CT molecular complexity index is 670. The zero-order valence-electron chi connectivity index (χ0n) is 11.3. The number of rotatable bonds is 1. The molecule has 1 aromatic rings. The minimum absolute atomic E-state index is 0.0225. The van der Waals surface area contributed by atoms with Crippen LogP contribution in [0, 0.1) is 32.7 Å². The molecule has 3 fully saturated rings. The molecule has 106 valence electrons. The Morgan fingerprint density at radius 3 is 1.95 bits per heavy atom. The van der Waals surface area contributed by atoms with Gasteiger partial charge in [0.1, 0.15) is 0 Å². The highest BCUT2D eigenvalue weighted by atomic mass is 127. The first-order chi connectivity index (χ1) is 10.1. The van der Waals surface area contributed by atoms with Gasteiger partial charge in [0, 0.05) is 3.57 Å². The van der Waals surface area contributed by atoms with Crippen molar-refractivity contribution in [2.75, 3.05) is 4.90 Å². The van der Waals surface area contributed by atoms with Crippen LogP contribution < -0.4 is 4.90 Å². The van der Waals surface area contributed by atoms with Crippen molar-refractivity contribution >= 4 is 40.1 Å². The second-order valence-electron chi connectivity index (χ2n) is 6.71. The predicted molar refractivity (Wildman–Crippen MR) is 86.4 cm³/mol. The summed E-state index contributed by atoms with van der Waals surface area (Å²) in [7, 11) is 0. The minimum Gasteiger partial charge on any atom is -0.274 e. The van der Waals surface area contributed by atoms with Gasteiger partial charge in [-0.2, -0.15) is 0 Å². The van der Waals surface area contributed by atoms with Crippen molar-refractivity contribution in [3.63, 3.8) is 0 Å². The van der Waals surface area contributed by atoms with E-state index in [1.807, 2.05) is 24.3 Å². The summed E-state index contributed by atoms with van der Waals surface area (Å²) in [4.78, 5) is 27.2. The van der Waals surface area contributed by atoms with Crippen molar-refractivity contribution in [2.24, 2.45) is 29.1 Å². The second kappa shape index (κ2) is 3.77. The van der Waals surface area contributed by atoms with E-state index in [0.29, 0.717) is 11.8 Å². The van der Waals surface area contributed by atoms with E-state index >= 15 is 0 Å². The number of halogens is 1. The van der Waals surface area contributed by atoms with E-state index in [1.54, 1.807) is 0 Å². The fraction of sp³-hybridized carbons (Fsp3) is 0.412. The molecule has 3 nitrogen and oxygen atoms in total. The summed E-state index contributed by atoms with van der Waals surface area (Å²) in [5, 5.41) is 0. The number of anilines is 1. The van der Waals surface area contributed by atoms with Crippen LogP contribution in [0.3, 0.4) is 0 Å². The van der Waals surface area contributed by atoms with E-state index in [0.717, 1.165) is 9.26 Å². The van der Waals surface area contributed by atoms with Gasteiger partial charge in [0.2, 0.25) is 11.8 Å². The number of imide groups is 1. The summed E-state index contributed by atoms with van der Waals surface area (Å²) >= 11 is 2.23. The van der Waals surface area contributed by atoms with E-state index in [9.17, 15) is 9.59 Å². The van der Waals surface area contributed by atoms with Gasteiger partial charge in [0.05, 0.1) is 17.5 Å². The molecule has 21 heavy (non-hydrogen) atoms. The molecule has 4 aliphatic rings. The molecular formula is C17H14INO2. The van der Waals surface area contributed by atoms with Crippen LogP contribution in [-0.4, -0.2) is 11.8 Å². The average Bonchev–Trinajstić information content (AvgIpc) is 3.07. The molecule has 1 heterocycles. The van der Waals surface area contributed by atoms with Crippen molar-refractivity contribution in [1.29, 1.82) is 0 Å². The molecule has 2 bridgehead atoms. The lowest BCUT2D eigenvalue weighted by Crippen LogP contribution is -2.34. The molecule has 4 heteroatoms. The number of nitrogens with zero attached hydrogens (tertiary/aromatic N) is 1. The molecule has 0 N–H and O–H groups in total. The van der Waals surface area contributed by atoms with E-state index in [-0.39, 0.29) is 29.1 Å². The molecule has 2 saturated carbocycles. The summed E-state index contributed by atoms with van der Waals surface area (Å²) < 4.78 is 1.11. The number of allylic oxidation sites excluding steroid dienone is 2. The number of benzene rings is 1. The molecule has 1 spiro atoms. The Kier molecular flexibility index (Phi) is 2.22. The lowest BCUT2D eigenvalue weighted by molar-refractivity contribution is -0.123. The Morgan fingerprint density at radius 1 is 0.952 bits per heavy atom. The van der Waals surface area contributed by atoms with E-state index in [2.05, 4.69) is 34.7 Å². The first-order valence-electron chi connectivity index (χ1n) is 7.45. The van der Waals surface area contributed by atoms with Gasteiger partial charge < -0.3 is 0 Å². The van der Waals surface area contributed by atoms with E-state index < -0.39 is 0 Å². The third-order valence-electron chi connectivity index (χ3n) is 5.94. The maximum atomic E-state index is 12.9. The van der Waals surface area contributed by atoms with Crippen LogP contribution in [0.1, 0.15) is 12.8 Å². The molecule has 0 aromatic heterocycles. The summed E-state index contributed by atoms with van der Waals surface area (Å²) in [6.07, 6.45) is 6.79. The van der Waals surface area contributed by atoms with Crippen LogP contribution in [0.15, 0.2) is 36.4 Å². The zero-order valence-corrected chi connectivity index (χ0v) is 13.5. The van der Waals surface area contributed by atoms with Crippen LogP contribution >= 0.6 is 22.6 Å². The number of hydrogen-bond donors (Lipinski definition) is 0. The van der Waals surface area contributed by atoms with Crippen LogP contribution in [0.5, 0.6) is 0 Å². The van der Waals surface area contributed by atoms with Crippen molar-refractivity contribution in [1.82, 2.24) is 0 Å². The van der Waals surface area contributed by atoms with Gasteiger partial charge in [-0.1, -0.05) is 12.2 Å². The molecular weight excluding hydrogens is 377 g/mol. The maximum absolute atomic E-state index is 12.9. The lowest BCUT2D eigenvalue weighted by Gasteiger charge is -2.21. The second-order valence-corrected chi connectivity index (χ2v) is 7.96. The van der Waals surface area contributed by atoms with Gasteiger partial charge in [-0.05, 0) is 76.9 Å². The molecule has 1 aliphatic heterocycles. The first-order valence-corrected chi connectivity index (χ1v) is 8.53. The molecule has 5 rings (SSSR count). The molecule has 0 unspecified atom stereocenters. The number of amides is 2. The topological polar surface area (TPSA) is 37.4 Å². The molecule has 1 saturated heterocycles. The molecule has 1 aromatic carbocycles. The average molecular weight is 391 g/mol. The van der Waals surface area contributed by atoms with Crippen molar-refractivity contribution < 1.29 is 9.59 Å². The Labute approximate surface area is 136 Å². The van der Waals surface area contributed by atoms with Gasteiger partial charge >= 0.3 is 0 Å². The third-order valence-corrected chi connectivity index (χ3v) is 6.66. The SMILES string of the molecule is O=C1[C@@H]2[C@H](C(=O)N1c1ccc(I)cc1)[C@H]1C=C[C@H]2C12CC2. The quantitative estimate of drug-likeness (QED) is 0.420.